The lowest BCUT2D eigenvalue weighted by Gasteiger charge is -2.22. The highest BCUT2D eigenvalue weighted by Gasteiger charge is 2.37. The maximum Gasteiger partial charge on any atom is 0.307 e. The summed E-state index contributed by atoms with van der Waals surface area (Å²) >= 11 is 7.04. The maximum absolute atomic E-state index is 13.1. The van der Waals surface area contributed by atoms with Gasteiger partial charge < -0.3 is 9.84 Å². The second kappa shape index (κ2) is 7.36. The molecular formula is C18H14ClF2NO4S. The Morgan fingerprint density at radius 1 is 1.44 bits per heavy atom. The zero-order valence-electron chi connectivity index (χ0n) is 14.3. The van der Waals surface area contributed by atoms with Crippen molar-refractivity contribution in [1.29, 1.82) is 0 Å². The van der Waals surface area contributed by atoms with Crippen LogP contribution in [-0.2, 0) is 9.53 Å². The fourth-order valence-electron chi connectivity index (χ4n) is 3.11. The number of carboxylic acids is 1. The summed E-state index contributed by atoms with van der Waals surface area (Å²) < 4.78 is 31.1. The highest BCUT2D eigenvalue weighted by atomic mass is 35.5. The number of ketones is 1. The third kappa shape index (κ3) is 3.46. The van der Waals surface area contributed by atoms with Crippen LogP contribution >= 0.6 is 22.9 Å². The van der Waals surface area contributed by atoms with Crippen LogP contribution in [0.2, 0.25) is 0 Å². The van der Waals surface area contributed by atoms with Gasteiger partial charge >= 0.3 is 5.97 Å². The summed E-state index contributed by atoms with van der Waals surface area (Å²) in [7, 11) is 1.34. The summed E-state index contributed by atoms with van der Waals surface area (Å²) in [4.78, 5) is 28.5. The lowest BCUT2D eigenvalue weighted by molar-refractivity contribution is -0.136. The lowest BCUT2D eigenvalue weighted by atomic mass is 9.85. The van der Waals surface area contributed by atoms with Crippen molar-refractivity contribution in [3.05, 3.63) is 55.1 Å². The summed E-state index contributed by atoms with van der Waals surface area (Å²) in [5, 5.41) is 10.8. The molecule has 0 bridgehead atoms. The minimum Gasteiger partial charge on any atom is -0.495 e. The van der Waals surface area contributed by atoms with E-state index in [0.717, 1.165) is 17.4 Å². The highest BCUT2D eigenvalue weighted by Crippen LogP contribution is 2.42. The van der Waals surface area contributed by atoms with E-state index in [1.165, 1.54) is 12.5 Å². The third-order valence-corrected chi connectivity index (χ3v) is 5.48. The largest absolute Gasteiger partial charge is 0.495 e. The summed E-state index contributed by atoms with van der Waals surface area (Å²) in [5.41, 5.74) is 1.83. The number of rotatable bonds is 6. The first kappa shape index (κ1) is 19.4. The molecule has 0 unspecified atom stereocenters. The van der Waals surface area contributed by atoms with Crippen molar-refractivity contribution in [2.75, 3.05) is 7.11 Å². The SMILES string of the molecule is COC1=C(Cl)CC2=NC(C)=C(CC(=O)O)C2=C1C(=O)c1csc(C(F)F)c1. The van der Waals surface area contributed by atoms with Gasteiger partial charge in [-0.25, -0.2) is 8.78 Å². The quantitative estimate of drug-likeness (QED) is 0.675. The first-order valence-corrected chi connectivity index (χ1v) is 9.08. The molecule has 27 heavy (non-hydrogen) atoms. The molecule has 9 heteroatoms. The van der Waals surface area contributed by atoms with Crippen LogP contribution in [0, 0.1) is 0 Å². The van der Waals surface area contributed by atoms with Gasteiger partial charge in [-0.2, -0.15) is 0 Å². The molecule has 2 heterocycles. The number of carbonyl (C=O) groups excluding carboxylic acids is 1. The smallest absolute Gasteiger partial charge is 0.307 e. The normalized spacial score (nSPS) is 16.9. The molecule has 1 N–H and O–H groups in total. The third-order valence-electron chi connectivity index (χ3n) is 4.23. The van der Waals surface area contributed by atoms with Gasteiger partial charge in [0.05, 0.1) is 34.7 Å². The van der Waals surface area contributed by atoms with Crippen molar-refractivity contribution in [2.24, 2.45) is 4.99 Å². The molecule has 1 aromatic heterocycles. The number of fused-ring (bicyclic) bond motifs is 1. The van der Waals surface area contributed by atoms with E-state index in [0.29, 0.717) is 22.6 Å². The number of Topliss-reactive ketones (excluding diaryl/α,β-unsaturated/α-hetero) is 1. The average Bonchev–Trinajstić information content (AvgIpc) is 3.18. The molecule has 142 valence electrons. The van der Waals surface area contributed by atoms with Crippen molar-refractivity contribution >= 4 is 40.4 Å². The standard InChI is InChI=1S/C18H14ClF2NO4S/c1-7-9(4-13(23)24)14-11(22-7)5-10(19)17(26-2)15(14)16(25)8-3-12(18(20)21)27-6-8/h3,6,18H,4-5H2,1-2H3,(H,23,24). The number of halogens is 3. The fraction of sp³-hybridized carbons (Fsp3) is 0.278. The van der Waals surface area contributed by atoms with Gasteiger partial charge in [0.25, 0.3) is 6.43 Å². The van der Waals surface area contributed by atoms with E-state index in [2.05, 4.69) is 4.99 Å². The van der Waals surface area contributed by atoms with Crippen molar-refractivity contribution < 1.29 is 28.2 Å². The van der Waals surface area contributed by atoms with Gasteiger partial charge in [-0.3, -0.25) is 14.6 Å². The van der Waals surface area contributed by atoms with E-state index >= 15 is 0 Å². The van der Waals surface area contributed by atoms with Gasteiger partial charge in [0, 0.05) is 28.6 Å². The molecule has 5 nitrogen and oxygen atoms in total. The number of carbonyl (C=O) groups is 2. The van der Waals surface area contributed by atoms with Crippen LogP contribution in [0.3, 0.4) is 0 Å². The fourth-order valence-corrected chi connectivity index (χ4v) is 4.14. The zero-order chi connectivity index (χ0) is 19.9. The van der Waals surface area contributed by atoms with Crippen LogP contribution in [0.5, 0.6) is 0 Å². The monoisotopic (exact) mass is 413 g/mol. The Morgan fingerprint density at radius 3 is 2.70 bits per heavy atom. The van der Waals surface area contributed by atoms with Gasteiger partial charge in [-0.1, -0.05) is 11.6 Å². The summed E-state index contributed by atoms with van der Waals surface area (Å²) in [5.74, 6) is -1.53. The molecule has 0 saturated carbocycles. The van der Waals surface area contributed by atoms with Crippen LogP contribution in [0.4, 0.5) is 8.78 Å². The summed E-state index contributed by atoms with van der Waals surface area (Å²) in [6.45, 7) is 1.65. The molecular weight excluding hydrogens is 400 g/mol. The number of nitrogens with zero attached hydrogens (tertiary/aromatic N) is 1. The molecule has 0 atom stereocenters. The molecule has 0 fully saturated rings. The van der Waals surface area contributed by atoms with E-state index in [9.17, 15) is 23.5 Å². The summed E-state index contributed by atoms with van der Waals surface area (Å²) in [6, 6.07) is 1.13. The van der Waals surface area contributed by atoms with Crippen LogP contribution in [-0.4, -0.2) is 29.7 Å². The van der Waals surface area contributed by atoms with Crippen molar-refractivity contribution in [2.45, 2.75) is 26.2 Å². The Balaban J connectivity index is 2.19. The minimum absolute atomic E-state index is 0.0548. The minimum atomic E-state index is -2.69. The molecule has 0 saturated heterocycles. The Labute approximate surface area is 162 Å². The predicted molar refractivity (Wildman–Crippen MR) is 97.5 cm³/mol. The lowest BCUT2D eigenvalue weighted by Crippen LogP contribution is -2.20. The molecule has 0 radical (unpaired) electrons. The number of methoxy groups -OCH3 is 1. The van der Waals surface area contributed by atoms with Crippen molar-refractivity contribution in [3.63, 3.8) is 0 Å². The zero-order valence-corrected chi connectivity index (χ0v) is 15.9. The van der Waals surface area contributed by atoms with Crippen molar-refractivity contribution in [1.82, 2.24) is 0 Å². The number of aliphatic carboxylic acids is 1. The van der Waals surface area contributed by atoms with Gasteiger partial charge in [0.2, 0.25) is 0 Å². The van der Waals surface area contributed by atoms with Gasteiger partial charge in [-0.05, 0) is 18.6 Å². The van der Waals surface area contributed by atoms with Crippen LogP contribution in [0.25, 0.3) is 0 Å². The highest BCUT2D eigenvalue weighted by molar-refractivity contribution is 7.10. The number of hydrogen-bond acceptors (Lipinski definition) is 5. The van der Waals surface area contributed by atoms with Crippen LogP contribution in [0.15, 0.2) is 49.6 Å². The van der Waals surface area contributed by atoms with Crippen LogP contribution < -0.4 is 0 Å². The molecule has 1 aliphatic heterocycles. The number of hydrogen-bond donors (Lipinski definition) is 1. The molecule has 2 aliphatic rings. The molecule has 1 aliphatic carbocycles. The second-order valence-electron chi connectivity index (χ2n) is 5.93. The van der Waals surface area contributed by atoms with Gasteiger partial charge in [-0.15, -0.1) is 11.3 Å². The number of aliphatic imine (C=N–C) groups is 1. The Hall–Kier alpha value is -2.32. The van der Waals surface area contributed by atoms with E-state index in [1.54, 1.807) is 6.92 Å². The number of carboxylic acid groups (broad SMARTS) is 1. The average molecular weight is 414 g/mol. The number of alkyl halides is 2. The Kier molecular flexibility index (Phi) is 5.30. The molecule has 0 aromatic carbocycles. The van der Waals surface area contributed by atoms with E-state index in [1.807, 2.05) is 0 Å². The van der Waals surface area contributed by atoms with Crippen LogP contribution in [0.1, 0.15) is 41.4 Å². The number of thiophene rings is 1. The van der Waals surface area contributed by atoms with Gasteiger partial charge in [0.1, 0.15) is 5.76 Å². The van der Waals surface area contributed by atoms with Gasteiger partial charge in [0.15, 0.2) is 5.78 Å². The molecule has 1 aromatic rings. The predicted octanol–water partition coefficient (Wildman–Crippen LogP) is 4.87. The van der Waals surface area contributed by atoms with Crippen molar-refractivity contribution in [3.8, 4) is 0 Å². The first-order valence-electron chi connectivity index (χ1n) is 7.83. The van der Waals surface area contributed by atoms with E-state index in [-0.39, 0.29) is 39.6 Å². The maximum atomic E-state index is 13.1. The van der Waals surface area contributed by atoms with E-state index in [4.69, 9.17) is 16.3 Å². The molecule has 0 amide bonds. The Bertz CT molecular complexity index is 972. The first-order chi connectivity index (χ1) is 12.7. The molecule has 3 rings (SSSR count). The topological polar surface area (TPSA) is 76.0 Å². The Morgan fingerprint density at radius 2 is 2.15 bits per heavy atom. The van der Waals surface area contributed by atoms with E-state index < -0.39 is 18.2 Å². The number of ether oxygens (including phenoxy) is 1. The second-order valence-corrected chi connectivity index (χ2v) is 7.32. The molecule has 0 spiro atoms. The number of allylic oxidation sites excluding steroid dienone is 4. The summed E-state index contributed by atoms with van der Waals surface area (Å²) in [6.07, 6.45) is -2.82.